The van der Waals surface area contributed by atoms with Gasteiger partial charge in [-0.05, 0) is 25.3 Å². The Labute approximate surface area is 111 Å². The van der Waals surface area contributed by atoms with Gasteiger partial charge in [0.1, 0.15) is 11.5 Å². The fourth-order valence-corrected chi connectivity index (χ4v) is 1.73. The molecule has 4 nitrogen and oxygen atoms in total. The van der Waals surface area contributed by atoms with E-state index < -0.39 is 0 Å². The Kier molecular flexibility index (Phi) is 6.15. The van der Waals surface area contributed by atoms with E-state index in [0.717, 1.165) is 12.3 Å². The molecule has 0 aromatic carbocycles. The summed E-state index contributed by atoms with van der Waals surface area (Å²) in [6.07, 6.45) is 1.99. The molecule has 1 aromatic rings. The molecule has 0 aliphatic heterocycles. The summed E-state index contributed by atoms with van der Waals surface area (Å²) >= 11 is 7.62. The monoisotopic (exact) mass is 273 g/mol. The molecular weight excluding hydrogens is 258 g/mol. The van der Waals surface area contributed by atoms with Crippen molar-refractivity contribution in [3.8, 4) is 0 Å². The van der Waals surface area contributed by atoms with Crippen molar-refractivity contribution in [3.63, 3.8) is 0 Å². The highest BCUT2D eigenvalue weighted by atomic mass is 35.5. The lowest BCUT2D eigenvalue weighted by atomic mass is 10.3. The molecule has 0 unspecified atom stereocenters. The summed E-state index contributed by atoms with van der Waals surface area (Å²) in [5.74, 6) is 1.30. The van der Waals surface area contributed by atoms with E-state index in [2.05, 4.69) is 15.6 Å². The Morgan fingerprint density at radius 2 is 2.29 bits per heavy atom. The van der Waals surface area contributed by atoms with Crippen LogP contribution in [-0.2, 0) is 0 Å². The largest absolute Gasteiger partial charge is 0.370 e. The number of halogens is 1. The second-order valence-corrected chi connectivity index (χ2v) is 4.70. The first-order valence-corrected chi connectivity index (χ1v) is 7.13. The van der Waals surface area contributed by atoms with Gasteiger partial charge in [-0.1, -0.05) is 11.6 Å². The number of anilines is 1. The van der Waals surface area contributed by atoms with Gasteiger partial charge in [0.15, 0.2) is 0 Å². The van der Waals surface area contributed by atoms with Gasteiger partial charge in [0.25, 0.3) is 5.91 Å². The number of nitrogens with one attached hydrogen (secondary N) is 2. The van der Waals surface area contributed by atoms with E-state index in [9.17, 15) is 4.79 Å². The summed E-state index contributed by atoms with van der Waals surface area (Å²) in [4.78, 5) is 16.0. The molecule has 0 aliphatic carbocycles. The summed E-state index contributed by atoms with van der Waals surface area (Å²) in [6, 6.07) is 3.43. The van der Waals surface area contributed by atoms with Crippen LogP contribution in [0.15, 0.2) is 12.1 Å². The van der Waals surface area contributed by atoms with Crippen LogP contribution in [0.4, 0.5) is 5.82 Å². The number of carbonyl (C=O) groups excluding carboxylic acids is 1. The highest BCUT2D eigenvalue weighted by molar-refractivity contribution is 7.98. The zero-order valence-corrected chi connectivity index (χ0v) is 11.5. The van der Waals surface area contributed by atoms with Crippen molar-refractivity contribution in [2.75, 3.05) is 30.4 Å². The molecule has 0 saturated heterocycles. The number of hydrogen-bond acceptors (Lipinski definition) is 4. The van der Waals surface area contributed by atoms with Crippen molar-refractivity contribution in [3.05, 3.63) is 22.8 Å². The Bertz CT molecular complexity index is 387. The van der Waals surface area contributed by atoms with Gasteiger partial charge in [0.2, 0.25) is 0 Å². The maximum atomic E-state index is 11.8. The number of thioether (sulfide) groups is 1. The average molecular weight is 274 g/mol. The van der Waals surface area contributed by atoms with Crippen LogP contribution in [0, 0.1) is 0 Å². The first-order chi connectivity index (χ1) is 8.19. The average Bonchev–Trinajstić information content (AvgIpc) is 2.32. The summed E-state index contributed by atoms with van der Waals surface area (Å²) in [5.41, 5.74) is 0.270. The zero-order chi connectivity index (χ0) is 12.7. The van der Waals surface area contributed by atoms with Crippen LogP contribution in [0.25, 0.3) is 0 Å². The Balaban J connectivity index is 2.73. The van der Waals surface area contributed by atoms with Gasteiger partial charge in [0, 0.05) is 18.8 Å². The number of rotatable bonds is 6. The number of hydrogen-bond donors (Lipinski definition) is 2. The quantitative estimate of drug-likeness (QED) is 0.781. The summed E-state index contributed by atoms with van der Waals surface area (Å²) in [6.45, 7) is 3.33. The summed E-state index contributed by atoms with van der Waals surface area (Å²) in [5, 5.41) is 6.19. The van der Waals surface area contributed by atoms with Gasteiger partial charge in [-0.3, -0.25) is 4.79 Å². The second-order valence-electron chi connectivity index (χ2n) is 3.31. The van der Waals surface area contributed by atoms with Crippen molar-refractivity contribution in [1.29, 1.82) is 0 Å². The molecule has 1 amide bonds. The summed E-state index contributed by atoms with van der Waals surface area (Å²) < 4.78 is 0. The van der Waals surface area contributed by atoms with Crippen molar-refractivity contribution in [2.45, 2.75) is 6.92 Å². The van der Waals surface area contributed by atoms with Crippen LogP contribution < -0.4 is 10.6 Å². The number of aromatic nitrogens is 1. The molecule has 17 heavy (non-hydrogen) atoms. The van der Waals surface area contributed by atoms with Crippen molar-refractivity contribution in [1.82, 2.24) is 10.3 Å². The number of pyridine rings is 1. The molecule has 0 radical (unpaired) electrons. The lowest BCUT2D eigenvalue weighted by molar-refractivity contribution is 0.0951. The smallest absolute Gasteiger partial charge is 0.271 e. The number of amides is 1. The Morgan fingerprint density at radius 3 is 2.94 bits per heavy atom. The van der Waals surface area contributed by atoms with Gasteiger partial charge in [-0.2, -0.15) is 11.8 Å². The molecule has 0 aliphatic rings. The van der Waals surface area contributed by atoms with E-state index in [4.69, 9.17) is 11.6 Å². The standard InChI is InChI=1S/C11H16ClN3OS/c1-3-13-9-5-4-8(12)10(15-9)11(16)14-6-7-17-2/h4-5H,3,6-7H2,1-2H3,(H,13,15)(H,14,16). The second kappa shape index (κ2) is 7.40. The van der Waals surface area contributed by atoms with Crippen LogP contribution >= 0.6 is 23.4 Å². The SMILES string of the molecule is CCNc1ccc(Cl)c(C(=O)NCCSC)n1. The molecule has 94 valence electrons. The third-order valence-corrected chi connectivity index (χ3v) is 2.93. The van der Waals surface area contributed by atoms with Crippen LogP contribution in [0.1, 0.15) is 17.4 Å². The molecule has 2 N–H and O–H groups in total. The molecule has 0 atom stereocenters. The predicted octanol–water partition coefficient (Wildman–Crippen LogP) is 2.26. The van der Waals surface area contributed by atoms with E-state index in [1.807, 2.05) is 13.2 Å². The van der Waals surface area contributed by atoms with E-state index in [-0.39, 0.29) is 11.6 Å². The minimum atomic E-state index is -0.233. The molecule has 0 saturated carbocycles. The van der Waals surface area contributed by atoms with Gasteiger partial charge in [-0.25, -0.2) is 4.98 Å². The molecule has 0 spiro atoms. The van der Waals surface area contributed by atoms with Crippen molar-refractivity contribution < 1.29 is 4.79 Å². The Hall–Kier alpha value is -0.940. The minimum Gasteiger partial charge on any atom is -0.370 e. The topological polar surface area (TPSA) is 54.0 Å². The van der Waals surface area contributed by atoms with Gasteiger partial charge in [-0.15, -0.1) is 0 Å². The number of nitrogens with zero attached hydrogens (tertiary/aromatic N) is 1. The molecule has 0 fully saturated rings. The first-order valence-electron chi connectivity index (χ1n) is 5.36. The maximum absolute atomic E-state index is 11.8. The van der Waals surface area contributed by atoms with Crippen LogP contribution in [0.5, 0.6) is 0 Å². The van der Waals surface area contributed by atoms with Gasteiger partial charge in [0.05, 0.1) is 5.02 Å². The van der Waals surface area contributed by atoms with E-state index in [0.29, 0.717) is 17.4 Å². The summed E-state index contributed by atoms with van der Waals surface area (Å²) in [7, 11) is 0. The molecule has 1 rings (SSSR count). The predicted molar refractivity (Wildman–Crippen MR) is 74.1 cm³/mol. The van der Waals surface area contributed by atoms with Crippen molar-refractivity contribution in [2.24, 2.45) is 0 Å². The van der Waals surface area contributed by atoms with Crippen LogP contribution in [-0.4, -0.2) is 36.0 Å². The first kappa shape index (κ1) is 14.1. The lowest BCUT2D eigenvalue weighted by Crippen LogP contribution is -2.27. The van der Waals surface area contributed by atoms with Crippen molar-refractivity contribution >= 4 is 35.1 Å². The van der Waals surface area contributed by atoms with E-state index in [1.54, 1.807) is 23.9 Å². The lowest BCUT2D eigenvalue weighted by Gasteiger charge is -2.08. The highest BCUT2D eigenvalue weighted by Gasteiger charge is 2.12. The third kappa shape index (κ3) is 4.44. The molecule has 1 heterocycles. The van der Waals surface area contributed by atoms with Gasteiger partial charge < -0.3 is 10.6 Å². The van der Waals surface area contributed by atoms with Crippen LogP contribution in [0.2, 0.25) is 5.02 Å². The Morgan fingerprint density at radius 1 is 1.53 bits per heavy atom. The fourth-order valence-electron chi connectivity index (χ4n) is 1.23. The fraction of sp³-hybridized carbons (Fsp3) is 0.455. The van der Waals surface area contributed by atoms with E-state index in [1.165, 1.54) is 0 Å². The maximum Gasteiger partial charge on any atom is 0.271 e. The normalized spacial score (nSPS) is 10.1. The zero-order valence-electron chi connectivity index (χ0n) is 9.92. The third-order valence-electron chi connectivity index (χ3n) is 2.01. The minimum absolute atomic E-state index is 0.233. The molecule has 0 bridgehead atoms. The highest BCUT2D eigenvalue weighted by Crippen LogP contribution is 2.16. The van der Waals surface area contributed by atoms with Crippen LogP contribution in [0.3, 0.4) is 0 Å². The molecular formula is C11H16ClN3OS. The molecule has 1 aromatic heterocycles. The van der Waals surface area contributed by atoms with Gasteiger partial charge >= 0.3 is 0 Å². The molecule has 6 heteroatoms. The van der Waals surface area contributed by atoms with E-state index >= 15 is 0 Å². The number of carbonyl (C=O) groups is 1.